The predicted molar refractivity (Wildman–Crippen MR) is 64.3 cm³/mol. The lowest BCUT2D eigenvalue weighted by Gasteiger charge is -2.28. The Morgan fingerprint density at radius 3 is 2.81 bits per heavy atom. The molecule has 0 amide bonds. The molecule has 2 aliphatic rings. The maximum absolute atomic E-state index is 4.51. The van der Waals surface area contributed by atoms with E-state index in [1.807, 2.05) is 6.20 Å². The van der Waals surface area contributed by atoms with Crippen LogP contribution in [-0.4, -0.2) is 27.3 Å². The lowest BCUT2D eigenvalue weighted by molar-refractivity contribution is 0.197. The minimum atomic E-state index is 0.614. The number of aromatic nitrogens is 2. The van der Waals surface area contributed by atoms with Gasteiger partial charge in [0.2, 0.25) is 0 Å². The van der Waals surface area contributed by atoms with Gasteiger partial charge in [-0.05, 0) is 52.1 Å². The Morgan fingerprint density at radius 2 is 2.12 bits per heavy atom. The van der Waals surface area contributed by atoms with Crippen LogP contribution >= 0.6 is 0 Å². The molecule has 0 bridgehead atoms. The summed E-state index contributed by atoms with van der Waals surface area (Å²) >= 11 is 0. The van der Waals surface area contributed by atoms with E-state index in [9.17, 15) is 0 Å². The number of hydrogen-bond acceptors (Lipinski definition) is 2. The highest BCUT2D eigenvalue weighted by molar-refractivity contribution is 5.12. The molecule has 3 nitrogen and oxygen atoms in total. The van der Waals surface area contributed by atoms with Gasteiger partial charge >= 0.3 is 0 Å². The lowest BCUT2D eigenvalue weighted by Crippen LogP contribution is -2.31. The summed E-state index contributed by atoms with van der Waals surface area (Å²) in [5.41, 5.74) is 1.45. The smallest absolute Gasteiger partial charge is 0.0559 e. The molecule has 1 unspecified atom stereocenters. The third kappa shape index (κ3) is 1.67. The van der Waals surface area contributed by atoms with Gasteiger partial charge in [-0.3, -0.25) is 9.58 Å². The molecule has 2 heterocycles. The monoisotopic (exact) mass is 219 g/mol. The van der Waals surface area contributed by atoms with Gasteiger partial charge in [-0.1, -0.05) is 0 Å². The van der Waals surface area contributed by atoms with E-state index < -0.39 is 0 Å². The molecule has 1 saturated carbocycles. The molecule has 3 rings (SSSR count). The van der Waals surface area contributed by atoms with Crippen molar-refractivity contribution in [3.8, 4) is 0 Å². The second kappa shape index (κ2) is 3.88. The van der Waals surface area contributed by atoms with Crippen LogP contribution in [0.4, 0.5) is 0 Å². The number of likely N-dealkylation sites (tertiary alicyclic amines) is 1. The molecule has 0 spiro atoms. The normalized spacial score (nSPS) is 26.8. The van der Waals surface area contributed by atoms with Crippen LogP contribution in [0.3, 0.4) is 0 Å². The van der Waals surface area contributed by atoms with E-state index in [4.69, 9.17) is 0 Å². The van der Waals surface area contributed by atoms with Crippen molar-refractivity contribution in [2.75, 3.05) is 6.54 Å². The Hall–Kier alpha value is -0.830. The van der Waals surface area contributed by atoms with E-state index in [0.29, 0.717) is 18.1 Å². The number of hydrogen-bond donors (Lipinski definition) is 0. The fourth-order valence-corrected chi connectivity index (χ4v) is 2.94. The van der Waals surface area contributed by atoms with E-state index in [2.05, 4.69) is 34.6 Å². The van der Waals surface area contributed by atoms with Gasteiger partial charge in [-0.2, -0.15) is 5.10 Å². The molecule has 3 heteroatoms. The van der Waals surface area contributed by atoms with Crippen LogP contribution in [-0.2, 0) is 0 Å². The Bertz CT molecular complexity index is 365. The Balaban J connectivity index is 1.87. The second-order valence-corrected chi connectivity index (χ2v) is 5.42. The van der Waals surface area contributed by atoms with Crippen LogP contribution in [0.25, 0.3) is 0 Å². The van der Waals surface area contributed by atoms with E-state index >= 15 is 0 Å². The van der Waals surface area contributed by atoms with E-state index in [1.54, 1.807) is 0 Å². The van der Waals surface area contributed by atoms with Crippen LogP contribution in [0, 0.1) is 0 Å². The van der Waals surface area contributed by atoms with E-state index in [1.165, 1.54) is 37.9 Å². The van der Waals surface area contributed by atoms with Crippen molar-refractivity contribution >= 4 is 0 Å². The van der Waals surface area contributed by atoms with Gasteiger partial charge < -0.3 is 0 Å². The third-order valence-electron chi connectivity index (χ3n) is 3.89. The van der Waals surface area contributed by atoms with Gasteiger partial charge in [0.1, 0.15) is 0 Å². The minimum absolute atomic E-state index is 0.614. The zero-order chi connectivity index (χ0) is 11.1. The van der Waals surface area contributed by atoms with Crippen molar-refractivity contribution in [2.24, 2.45) is 0 Å². The van der Waals surface area contributed by atoms with Gasteiger partial charge in [0.25, 0.3) is 0 Å². The lowest BCUT2D eigenvalue weighted by atomic mass is 10.1. The molecule has 1 atom stereocenters. The molecular weight excluding hydrogens is 198 g/mol. The van der Waals surface area contributed by atoms with Crippen LogP contribution in [0.2, 0.25) is 0 Å². The van der Waals surface area contributed by atoms with Crippen molar-refractivity contribution in [3.63, 3.8) is 0 Å². The number of rotatable bonds is 3. The molecule has 1 aliphatic carbocycles. The first-order valence-corrected chi connectivity index (χ1v) is 6.56. The predicted octanol–water partition coefficient (Wildman–Crippen LogP) is 2.76. The minimum Gasteiger partial charge on any atom is -0.292 e. The molecule has 2 fully saturated rings. The second-order valence-electron chi connectivity index (χ2n) is 5.42. The largest absolute Gasteiger partial charge is 0.292 e. The average Bonchev–Trinajstić information content (AvgIpc) is 2.82. The molecule has 1 saturated heterocycles. The highest BCUT2D eigenvalue weighted by atomic mass is 15.3. The summed E-state index contributed by atoms with van der Waals surface area (Å²) in [4.78, 5) is 2.62. The Labute approximate surface area is 97.4 Å². The van der Waals surface area contributed by atoms with Crippen molar-refractivity contribution in [3.05, 3.63) is 18.0 Å². The zero-order valence-corrected chi connectivity index (χ0v) is 10.3. The standard InChI is InChI=1S/C13H21N3/c1-10(2)15-9-3-4-12(15)13-7-8-14-16(13)11-5-6-11/h7-8,10-12H,3-6,9H2,1-2H3. The van der Waals surface area contributed by atoms with Gasteiger partial charge in [-0.15, -0.1) is 0 Å². The van der Waals surface area contributed by atoms with Gasteiger partial charge in [-0.25, -0.2) is 0 Å². The average molecular weight is 219 g/mol. The summed E-state index contributed by atoms with van der Waals surface area (Å²) in [5.74, 6) is 0. The van der Waals surface area contributed by atoms with Gasteiger partial charge in [0.15, 0.2) is 0 Å². The van der Waals surface area contributed by atoms with Crippen LogP contribution in [0.15, 0.2) is 12.3 Å². The van der Waals surface area contributed by atoms with Crippen molar-refractivity contribution in [1.82, 2.24) is 14.7 Å². The molecule has 1 aromatic rings. The molecule has 0 N–H and O–H groups in total. The fourth-order valence-electron chi connectivity index (χ4n) is 2.94. The Kier molecular flexibility index (Phi) is 2.51. The summed E-state index contributed by atoms with van der Waals surface area (Å²) in [6.07, 6.45) is 7.26. The topological polar surface area (TPSA) is 21.1 Å². The SMILES string of the molecule is CC(C)N1CCCC1c1ccnn1C1CC1. The summed E-state index contributed by atoms with van der Waals surface area (Å²) in [6.45, 7) is 5.85. The summed E-state index contributed by atoms with van der Waals surface area (Å²) in [6, 6.07) is 4.20. The van der Waals surface area contributed by atoms with Crippen LogP contribution in [0.1, 0.15) is 57.3 Å². The molecule has 1 aromatic heterocycles. The fraction of sp³-hybridized carbons (Fsp3) is 0.769. The molecule has 16 heavy (non-hydrogen) atoms. The molecular formula is C13H21N3. The molecule has 0 radical (unpaired) electrons. The van der Waals surface area contributed by atoms with Crippen molar-refractivity contribution in [1.29, 1.82) is 0 Å². The highest BCUT2D eigenvalue weighted by Gasteiger charge is 2.34. The van der Waals surface area contributed by atoms with Gasteiger partial charge in [0.05, 0.1) is 17.8 Å². The van der Waals surface area contributed by atoms with Crippen LogP contribution < -0.4 is 0 Å². The third-order valence-corrected chi connectivity index (χ3v) is 3.89. The molecule has 0 aromatic carbocycles. The molecule has 1 aliphatic heterocycles. The summed E-state index contributed by atoms with van der Waals surface area (Å²) in [7, 11) is 0. The summed E-state index contributed by atoms with van der Waals surface area (Å²) in [5, 5.41) is 4.51. The van der Waals surface area contributed by atoms with E-state index in [-0.39, 0.29) is 0 Å². The highest BCUT2D eigenvalue weighted by Crippen LogP contribution is 2.40. The molecule has 88 valence electrons. The Morgan fingerprint density at radius 1 is 1.31 bits per heavy atom. The maximum atomic E-state index is 4.51. The van der Waals surface area contributed by atoms with Crippen molar-refractivity contribution in [2.45, 2.75) is 57.7 Å². The quantitative estimate of drug-likeness (QED) is 0.779. The van der Waals surface area contributed by atoms with Crippen molar-refractivity contribution < 1.29 is 0 Å². The first-order chi connectivity index (χ1) is 7.77. The first kappa shape index (κ1) is 10.3. The maximum Gasteiger partial charge on any atom is 0.0559 e. The van der Waals surface area contributed by atoms with Gasteiger partial charge in [0, 0.05) is 12.2 Å². The number of nitrogens with zero attached hydrogens (tertiary/aromatic N) is 3. The van der Waals surface area contributed by atoms with Crippen LogP contribution in [0.5, 0.6) is 0 Å². The summed E-state index contributed by atoms with van der Waals surface area (Å²) < 4.78 is 2.28. The first-order valence-electron chi connectivity index (χ1n) is 6.56. The van der Waals surface area contributed by atoms with E-state index in [0.717, 1.165) is 0 Å². The zero-order valence-electron chi connectivity index (χ0n) is 10.3.